The molecule has 0 saturated carbocycles. The number of allylic oxidation sites excluding steroid dienone is 2. The fraction of sp³-hybridized carbons (Fsp3) is 0.500. The summed E-state index contributed by atoms with van der Waals surface area (Å²) in [5.74, 6) is 0.669. The molecule has 6 nitrogen and oxygen atoms in total. The lowest BCUT2D eigenvalue weighted by atomic mass is 9.85. The van der Waals surface area contributed by atoms with Crippen molar-refractivity contribution in [3.63, 3.8) is 0 Å². The lowest BCUT2D eigenvalue weighted by Gasteiger charge is -2.19. The molecular weight excluding hydrogens is 308 g/mol. The predicted octanol–water partition coefficient (Wildman–Crippen LogP) is 1.89. The van der Waals surface area contributed by atoms with E-state index in [1.54, 1.807) is 11.9 Å². The van der Waals surface area contributed by atoms with Crippen LogP contribution in [-0.4, -0.2) is 41.1 Å². The predicted molar refractivity (Wildman–Crippen MR) is 86.6 cm³/mol. The summed E-state index contributed by atoms with van der Waals surface area (Å²) in [6.45, 7) is 2.39. The number of fused-ring (bicyclic) bond motifs is 1. The van der Waals surface area contributed by atoms with Gasteiger partial charge in [-0.25, -0.2) is 0 Å². The summed E-state index contributed by atoms with van der Waals surface area (Å²) in [5.41, 5.74) is 0. The molecule has 2 unspecified atom stereocenters. The second kappa shape index (κ2) is 6.63. The zero-order valence-electron chi connectivity index (χ0n) is 14.0. The van der Waals surface area contributed by atoms with Crippen LogP contribution in [0, 0.1) is 18.8 Å². The van der Waals surface area contributed by atoms with E-state index in [2.05, 4.69) is 0 Å². The van der Waals surface area contributed by atoms with Gasteiger partial charge in [-0.2, -0.15) is 0 Å². The molecule has 6 heteroatoms. The van der Waals surface area contributed by atoms with Crippen molar-refractivity contribution in [2.75, 3.05) is 13.6 Å². The molecule has 24 heavy (non-hydrogen) atoms. The van der Waals surface area contributed by atoms with Gasteiger partial charge in [-0.1, -0.05) is 12.2 Å². The number of aryl methyl sites for hydroxylation is 1. The topological polar surface area (TPSA) is 70.8 Å². The van der Waals surface area contributed by atoms with Crippen molar-refractivity contribution in [1.82, 2.24) is 9.80 Å². The number of nitrogens with zero attached hydrogens (tertiary/aromatic N) is 2. The number of amides is 3. The molecule has 1 aromatic rings. The Morgan fingerprint density at radius 3 is 2.38 bits per heavy atom. The van der Waals surface area contributed by atoms with Crippen LogP contribution in [0.3, 0.4) is 0 Å². The van der Waals surface area contributed by atoms with Crippen LogP contribution in [0.15, 0.2) is 28.7 Å². The van der Waals surface area contributed by atoms with Gasteiger partial charge in [-0.15, -0.1) is 0 Å². The van der Waals surface area contributed by atoms with Crippen LogP contribution in [0.2, 0.25) is 0 Å². The summed E-state index contributed by atoms with van der Waals surface area (Å²) in [6, 6.07) is 3.69. The summed E-state index contributed by atoms with van der Waals surface area (Å²) in [5, 5.41) is 0. The van der Waals surface area contributed by atoms with Gasteiger partial charge >= 0.3 is 0 Å². The van der Waals surface area contributed by atoms with Crippen LogP contribution >= 0.6 is 0 Å². The molecule has 0 spiro atoms. The highest BCUT2D eigenvalue weighted by Crippen LogP contribution is 2.35. The van der Waals surface area contributed by atoms with E-state index in [1.807, 2.05) is 31.2 Å². The molecule has 128 valence electrons. The van der Waals surface area contributed by atoms with Crippen LogP contribution < -0.4 is 0 Å². The first-order valence-corrected chi connectivity index (χ1v) is 8.27. The molecule has 0 N–H and O–H groups in total. The Balaban J connectivity index is 1.54. The number of furan rings is 1. The zero-order chi connectivity index (χ0) is 17.3. The largest absolute Gasteiger partial charge is 0.464 e. The monoisotopic (exact) mass is 330 g/mol. The molecule has 2 aliphatic rings. The van der Waals surface area contributed by atoms with E-state index in [0.717, 1.165) is 5.76 Å². The zero-order valence-corrected chi connectivity index (χ0v) is 14.0. The average Bonchev–Trinajstić information content (AvgIpc) is 3.08. The number of carbonyl (C=O) groups is 3. The van der Waals surface area contributed by atoms with E-state index in [-0.39, 0.29) is 42.5 Å². The molecule has 1 saturated heterocycles. The third-order valence-corrected chi connectivity index (χ3v) is 4.76. The number of hydrogen-bond donors (Lipinski definition) is 0. The van der Waals surface area contributed by atoms with Gasteiger partial charge in [0.05, 0.1) is 18.4 Å². The van der Waals surface area contributed by atoms with E-state index >= 15 is 0 Å². The summed E-state index contributed by atoms with van der Waals surface area (Å²) in [4.78, 5) is 39.8. The van der Waals surface area contributed by atoms with Gasteiger partial charge in [0.2, 0.25) is 17.7 Å². The molecule has 2 heterocycles. The van der Waals surface area contributed by atoms with Crippen molar-refractivity contribution >= 4 is 17.7 Å². The van der Waals surface area contributed by atoms with Gasteiger partial charge < -0.3 is 9.32 Å². The van der Waals surface area contributed by atoms with Crippen molar-refractivity contribution < 1.29 is 18.8 Å². The van der Waals surface area contributed by atoms with Crippen LogP contribution in [0.4, 0.5) is 0 Å². The standard InChI is InChI=1S/C18H22N2O4/c1-12-7-8-13(24-12)11-19(2)16(21)9-10-20-17(22)14-5-3-4-6-15(14)18(20)23/h3-4,7-8,14-15H,5-6,9-11H2,1-2H3. The van der Waals surface area contributed by atoms with Crippen LogP contribution in [0.25, 0.3) is 0 Å². The van der Waals surface area contributed by atoms with Crippen molar-refractivity contribution in [2.24, 2.45) is 11.8 Å². The molecule has 1 fully saturated rings. The highest BCUT2D eigenvalue weighted by molar-refractivity contribution is 6.05. The van der Waals surface area contributed by atoms with Gasteiger partial charge in [0.15, 0.2) is 0 Å². The molecular formula is C18H22N2O4. The Morgan fingerprint density at radius 1 is 1.21 bits per heavy atom. The molecule has 1 aromatic heterocycles. The SMILES string of the molecule is Cc1ccc(CN(C)C(=O)CCN2C(=O)C3CC=CCC3C2=O)o1. The Morgan fingerprint density at radius 2 is 1.83 bits per heavy atom. The summed E-state index contributed by atoms with van der Waals surface area (Å²) in [7, 11) is 1.69. The first-order valence-electron chi connectivity index (χ1n) is 8.27. The van der Waals surface area contributed by atoms with Crippen LogP contribution in [0.1, 0.15) is 30.8 Å². The maximum atomic E-state index is 12.4. The third-order valence-electron chi connectivity index (χ3n) is 4.76. The van der Waals surface area contributed by atoms with Gasteiger partial charge in [-0.05, 0) is 31.9 Å². The van der Waals surface area contributed by atoms with E-state index in [1.165, 1.54) is 4.90 Å². The second-order valence-electron chi connectivity index (χ2n) is 6.50. The minimum atomic E-state index is -0.235. The quantitative estimate of drug-likeness (QED) is 0.610. The van der Waals surface area contributed by atoms with E-state index in [9.17, 15) is 14.4 Å². The Kier molecular flexibility index (Phi) is 4.55. The Bertz CT molecular complexity index is 665. The fourth-order valence-corrected chi connectivity index (χ4v) is 3.38. The summed E-state index contributed by atoms with van der Waals surface area (Å²) in [6.07, 6.45) is 5.30. The minimum absolute atomic E-state index is 0.113. The molecule has 3 rings (SSSR count). The molecule has 0 bridgehead atoms. The molecule has 2 atom stereocenters. The first-order chi connectivity index (χ1) is 11.5. The fourth-order valence-electron chi connectivity index (χ4n) is 3.38. The van der Waals surface area contributed by atoms with E-state index in [0.29, 0.717) is 25.1 Å². The van der Waals surface area contributed by atoms with Crippen molar-refractivity contribution in [3.8, 4) is 0 Å². The van der Waals surface area contributed by atoms with Gasteiger partial charge in [0.1, 0.15) is 11.5 Å². The van der Waals surface area contributed by atoms with Gasteiger partial charge in [0.25, 0.3) is 0 Å². The Hall–Kier alpha value is -2.37. The normalized spacial score (nSPS) is 22.8. The second-order valence-corrected chi connectivity index (χ2v) is 6.50. The van der Waals surface area contributed by atoms with Crippen LogP contribution in [0.5, 0.6) is 0 Å². The molecule has 1 aliphatic carbocycles. The number of likely N-dealkylation sites (tertiary alicyclic amines) is 1. The lowest BCUT2D eigenvalue weighted by Crippen LogP contribution is -2.36. The van der Waals surface area contributed by atoms with E-state index < -0.39 is 0 Å². The number of imide groups is 1. The Labute approximate surface area is 141 Å². The maximum Gasteiger partial charge on any atom is 0.233 e. The number of carbonyl (C=O) groups excluding carboxylic acids is 3. The third kappa shape index (κ3) is 3.13. The lowest BCUT2D eigenvalue weighted by molar-refractivity contribution is -0.140. The molecule has 3 amide bonds. The van der Waals surface area contributed by atoms with E-state index in [4.69, 9.17) is 4.42 Å². The summed E-state index contributed by atoms with van der Waals surface area (Å²) < 4.78 is 5.46. The highest BCUT2D eigenvalue weighted by Gasteiger charge is 2.46. The first kappa shape index (κ1) is 16.5. The van der Waals surface area contributed by atoms with Gasteiger partial charge in [0, 0.05) is 20.0 Å². The van der Waals surface area contributed by atoms with Crippen molar-refractivity contribution in [1.29, 1.82) is 0 Å². The maximum absolute atomic E-state index is 12.4. The number of rotatable bonds is 5. The van der Waals surface area contributed by atoms with Gasteiger partial charge in [-0.3, -0.25) is 19.3 Å². The number of hydrogen-bond acceptors (Lipinski definition) is 4. The highest BCUT2D eigenvalue weighted by atomic mass is 16.3. The average molecular weight is 330 g/mol. The molecule has 1 aliphatic heterocycles. The smallest absolute Gasteiger partial charge is 0.233 e. The molecule has 0 aromatic carbocycles. The van der Waals surface area contributed by atoms with Crippen molar-refractivity contribution in [3.05, 3.63) is 35.8 Å². The minimum Gasteiger partial charge on any atom is -0.464 e. The van der Waals surface area contributed by atoms with Crippen LogP contribution in [-0.2, 0) is 20.9 Å². The molecule has 0 radical (unpaired) electrons. The summed E-state index contributed by atoms with van der Waals surface area (Å²) >= 11 is 0. The van der Waals surface area contributed by atoms with Crippen molar-refractivity contribution in [2.45, 2.75) is 32.7 Å².